The van der Waals surface area contributed by atoms with Crippen molar-refractivity contribution in [1.82, 2.24) is 10.2 Å². The minimum absolute atomic E-state index is 0.671. The van der Waals surface area contributed by atoms with Crippen LogP contribution in [-0.4, -0.2) is 44.2 Å². The predicted octanol–water partition coefficient (Wildman–Crippen LogP) is 2.26. The van der Waals surface area contributed by atoms with E-state index >= 15 is 0 Å². The molecule has 0 aliphatic carbocycles. The van der Waals surface area contributed by atoms with Crippen molar-refractivity contribution in [2.24, 2.45) is 5.92 Å². The van der Waals surface area contributed by atoms with E-state index in [0.717, 1.165) is 31.3 Å². The van der Waals surface area contributed by atoms with Crippen molar-refractivity contribution in [3.63, 3.8) is 0 Å². The van der Waals surface area contributed by atoms with E-state index in [1.807, 2.05) is 12.1 Å². The molecule has 1 heterocycles. The highest BCUT2D eigenvalue weighted by Gasteiger charge is 2.18. The molecule has 1 aliphatic heterocycles. The zero-order valence-corrected chi connectivity index (χ0v) is 12.8. The molecule has 1 N–H and O–H groups in total. The van der Waals surface area contributed by atoms with E-state index in [0.29, 0.717) is 12.2 Å². The fourth-order valence-electron chi connectivity index (χ4n) is 2.68. The van der Waals surface area contributed by atoms with Gasteiger partial charge in [0.05, 0.1) is 11.6 Å². The van der Waals surface area contributed by atoms with Crippen LogP contribution in [0.15, 0.2) is 24.3 Å². The molecule has 4 heteroatoms. The number of likely N-dealkylation sites (tertiary alicyclic amines) is 1. The van der Waals surface area contributed by atoms with Crippen LogP contribution in [0.5, 0.6) is 5.75 Å². The largest absolute Gasteiger partial charge is 0.492 e. The minimum Gasteiger partial charge on any atom is -0.492 e. The first-order valence-corrected chi connectivity index (χ1v) is 7.88. The molecule has 1 aromatic rings. The van der Waals surface area contributed by atoms with Gasteiger partial charge in [-0.3, -0.25) is 4.90 Å². The summed E-state index contributed by atoms with van der Waals surface area (Å²) in [6, 6.07) is 9.42. The van der Waals surface area contributed by atoms with Crippen LogP contribution in [0, 0.1) is 17.2 Å². The summed E-state index contributed by atoms with van der Waals surface area (Å²) in [4.78, 5) is 2.48. The Morgan fingerprint density at radius 1 is 1.29 bits per heavy atom. The van der Waals surface area contributed by atoms with Gasteiger partial charge in [-0.25, -0.2) is 0 Å². The number of nitrogens with one attached hydrogen (secondary N) is 1. The molecule has 0 radical (unpaired) electrons. The van der Waals surface area contributed by atoms with Crippen LogP contribution < -0.4 is 10.1 Å². The second-order valence-corrected chi connectivity index (χ2v) is 5.58. The lowest BCUT2D eigenvalue weighted by molar-refractivity contribution is 0.154. The van der Waals surface area contributed by atoms with Gasteiger partial charge in [0.15, 0.2) is 0 Å². The summed E-state index contributed by atoms with van der Waals surface area (Å²) in [5.41, 5.74) is 0.671. The maximum atomic E-state index is 8.75. The van der Waals surface area contributed by atoms with E-state index in [1.54, 1.807) is 12.1 Å². The van der Waals surface area contributed by atoms with Crippen molar-refractivity contribution in [2.75, 3.05) is 39.3 Å². The average molecular weight is 287 g/mol. The molecule has 0 unspecified atom stereocenters. The molecule has 1 saturated heterocycles. The molecule has 0 saturated carbocycles. The fraction of sp³-hybridized carbons (Fsp3) is 0.588. The Hall–Kier alpha value is -1.57. The fourth-order valence-corrected chi connectivity index (χ4v) is 2.68. The SMILES string of the molecule is CCNCC1CCN(CCOc2ccc(C#N)cc2)CC1. The van der Waals surface area contributed by atoms with Crippen LogP contribution in [0.25, 0.3) is 0 Å². The van der Waals surface area contributed by atoms with Gasteiger partial charge >= 0.3 is 0 Å². The number of nitriles is 1. The minimum atomic E-state index is 0.671. The second-order valence-electron chi connectivity index (χ2n) is 5.58. The smallest absolute Gasteiger partial charge is 0.119 e. The van der Waals surface area contributed by atoms with Gasteiger partial charge in [-0.2, -0.15) is 5.26 Å². The summed E-state index contributed by atoms with van der Waals surface area (Å²) in [5.74, 6) is 1.68. The molecule has 1 fully saturated rings. The standard InChI is InChI=1S/C17H25N3O/c1-2-19-14-16-7-9-20(10-8-16)11-12-21-17-5-3-15(13-18)4-6-17/h3-6,16,19H,2,7-12,14H2,1H3. The normalized spacial score (nSPS) is 16.6. The highest BCUT2D eigenvalue weighted by Crippen LogP contribution is 2.16. The number of ether oxygens (including phenoxy) is 1. The van der Waals surface area contributed by atoms with E-state index in [-0.39, 0.29) is 0 Å². The van der Waals surface area contributed by atoms with Crippen molar-refractivity contribution in [2.45, 2.75) is 19.8 Å². The maximum absolute atomic E-state index is 8.75. The summed E-state index contributed by atoms with van der Waals surface area (Å²) < 4.78 is 5.74. The molecule has 21 heavy (non-hydrogen) atoms. The van der Waals surface area contributed by atoms with Gasteiger partial charge in [0.2, 0.25) is 0 Å². The molecular formula is C17H25N3O. The molecule has 0 bridgehead atoms. The maximum Gasteiger partial charge on any atom is 0.119 e. The third-order valence-corrected chi connectivity index (χ3v) is 4.05. The van der Waals surface area contributed by atoms with Gasteiger partial charge in [0.1, 0.15) is 12.4 Å². The molecule has 2 rings (SSSR count). The number of rotatable bonds is 7. The van der Waals surface area contributed by atoms with E-state index < -0.39 is 0 Å². The third-order valence-electron chi connectivity index (χ3n) is 4.05. The van der Waals surface area contributed by atoms with E-state index in [2.05, 4.69) is 23.2 Å². The van der Waals surface area contributed by atoms with Crippen molar-refractivity contribution in [3.05, 3.63) is 29.8 Å². The number of hydrogen-bond donors (Lipinski definition) is 1. The van der Waals surface area contributed by atoms with Gasteiger partial charge in [0.25, 0.3) is 0 Å². The molecule has 0 amide bonds. The van der Waals surface area contributed by atoms with E-state index in [4.69, 9.17) is 10.00 Å². The highest BCUT2D eigenvalue weighted by atomic mass is 16.5. The van der Waals surface area contributed by atoms with Crippen LogP contribution in [0.3, 0.4) is 0 Å². The zero-order valence-electron chi connectivity index (χ0n) is 12.8. The summed E-state index contributed by atoms with van der Waals surface area (Å²) in [6.45, 7) is 8.43. The zero-order chi connectivity index (χ0) is 14.9. The van der Waals surface area contributed by atoms with Crippen molar-refractivity contribution in [3.8, 4) is 11.8 Å². The van der Waals surface area contributed by atoms with Crippen molar-refractivity contribution >= 4 is 0 Å². The summed E-state index contributed by atoms with van der Waals surface area (Å²) in [5, 5.41) is 12.2. The molecule has 4 nitrogen and oxygen atoms in total. The lowest BCUT2D eigenvalue weighted by Crippen LogP contribution is -2.39. The van der Waals surface area contributed by atoms with Crippen LogP contribution in [0.2, 0.25) is 0 Å². The summed E-state index contributed by atoms with van der Waals surface area (Å²) in [7, 11) is 0. The van der Waals surface area contributed by atoms with E-state index in [1.165, 1.54) is 25.9 Å². The molecule has 0 atom stereocenters. The summed E-state index contributed by atoms with van der Waals surface area (Å²) in [6.07, 6.45) is 2.56. The van der Waals surface area contributed by atoms with Crippen LogP contribution in [0.4, 0.5) is 0 Å². The molecular weight excluding hydrogens is 262 g/mol. The first-order valence-electron chi connectivity index (χ1n) is 7.88. The lowest BCUT2D eigenvalue weighted by Gasteiger charge is -2.31. The molecule has 1 aromatic carbocycles. The highest BCUT2D eigenvalue weighted by molar-refractivity contribution is 5.34. The summed E-state index contributed by atoms with van der Waals surface area (Å²) >= 11 is 0. The second kappa shape index (κ2) is 8.66. The first kappa shape index (κ1) is 15.8. The Labute approximate surface area is 127 Å². The monoisotopic (exact) mass is 287 g/mol. The van der Waals surface area contributed by atoms with Gasteiger partial charge in [-0.05, 0) is 69.2 Å². The number of piperidine rings is 1. The number of benzene rings is 1. The number of hydrogen-bond acceptors (Lipinski definition) is 4. The molecule has 114 valence electrons. The Bertz CT molecular complexity index is 444. The third kappa shape index (κ3) is 5.37. The Morgan fingerprint density at radius 3 is 2.62 bits per heavy atom. The van der Waals surface area contributed by atoms with Crippen LogP contribution >= 0.6 is 0 Å². The quantitative estimate of drug-likeness (QED) is 0.835. The van der Waals surface area contributed by atoms with Gasteiger partial charge < -0.3 is 10.1 Å². The van der Waals surface area contributed by atoms with Crippen molar-refractivity contribution < 1.29 is 4.74 Å². The van der Waals surface area contributed by atoms with Crippen molar-refractivity contribution in [1.29, 1.82) is 5.26 Å². The Kier molecular flexibility index (Phi) is 6.52. The topological polar surface area (TPSA) is 48.3 Å². The number of nitrogens with zero attached hydrogens (tertiary/aromatic N) is 2. The van der Waals surface area contributed by atoms with E-state index in [9.17, 15) is 0 Å². The van der Waals surface area contributed by atoms with Crippen LogP contribution in [0.1, 0.15) is 25.3 Å². The molecule has 0 aromatic heterocycles. The molecule has 1 aliphatic rings. The lowest BCUT2D eigenvalue weighted by atomic mass is 9.97. The first-order chi connectivity index (χ1) is 10.3. The molecule has 0 spiro atoms. The predicted molar refractivity (Wildman–Crippen MR) is 84.4 cm³/mol. The Balaban J connectivity index is 1.62. The Morgan fingerprint density at radius 2 is 2.00 bits per heavy atom. The van der Waals surface area contributed by atoms with Gasteiger partial charge in [-0.15, -0.1) is 0 Å². The van der Waals surface area contributed by atoms with Gasteiger partial charge in [-0.1, -0.05) is 6.92 Å². The van der Waals surface area contributed by atoms with Crippen LogP contribution in [-0.2, 0) is 0 Å². The average Bonchev–Trinajstić information content (AvgIpc) is 2.55. The van der Waals surface area contributed by atoms with Gasteiger partial charge in [0, 0.05) is 6.54 Å².